The first-order valence-electron chi connectivity index (χ1n) is 10.9. The molecule has 3 aromatic heterocycles. The number of aromatic nitrogens is 6. The van der Waals surface area contributed by atoms with Gasteiger partial charge in [0.1, 0.15) is 17.4 Å². The number of nitrogens with zero attached hydrogens (tertiary/aromatic N) is 7. The van der Waals surface area contributed by atoms with Gasteiger partial charge >= 0.3 is 6.36 Å². The third-order valence-corrected chi connectivity index (χ3v) is 5.40. The van der Waals surface area contributed by atoms with Crippen LogP contribution in [0, 0.1) is 6.92 Å². The minimum atomic E-state index is -4.76. The van der Waals surface area contributed by atoms with Gasteiger partial charge in [-0.2, -0.15) is 4.98 Å². The lowest BCUT2D eigenvalue weighted by Crippen LogP contribution is -2.43. The normalized spacial score (nSPS) is 14.3. The fraction of sp³-hybridized carbons (Fsp3) is 0.318. The van der Waals surface area contributed by atoms with Crippen molar-refractivity contribution in [2.75, 3.05) is 31.1 Å². The van der Waals surface area contributed by atoms with Gasteiger partial charge in [0.25, 0.3) is 5.89 Å². The van der Waals surface area contributed by atoms with Gasteiger partial charge in [0.05, 0.1) is 6.54 Å². The second kappa shape index (κ2) is 9.33. The fourth-order valence-electron chi connectivity index (χ4n) is 3.70. The summed E-state index contributed by atoms with van der Waals surface area (Å²) in [5.74, 6) is 1.81. The zero-order valence-electron chi connectivity index (χ0n) is 18.7. The molecule has 0 saturated carbocycles. The summed E-state index contributed by atoms with van der Waals surface area (Å²) in [7, 11) is 0. The molecule has 1 aromatic carbocycles. The average Bonchev–Trinajstić information content (AvgIpc) is 3.47. The fourth-order valence-corrected chi connectivity index (χ4v) is 3.70. The van der Waals surface area contributed by atoms with E-state index in [-0.39, 0.29) is 23.3 Å². The van der Waals surface area contributed by atoms with Crippen LogP contribution in [0.4, 0.5) is 19.0 Å². The van der Waals surface area contributed by atoms with E-state index in [1.165, 1.54) is 24.3 Å². The van der Waals surface area contributed by atoms with Crippen LogP contribution in [-0.2, 0) is 6.54 Å². The highest BCUT2D eigenvalue weighted by molar-refractivity contribution is 5.57. The quantitative estimate of drug-likeness (QED) is 0.440. The highest BCUT2D eigenvalue weighted by atomic mass is 19.4. The summed E-state index contributed by atoms with van der Waals surface area (Å²) in [4.78, 5) is 15.4. The van der Waals surface area contributed by atoms with Gasteiger partial charge < -0.3 is 19.5 Å². The predicted octanol–water partition coefficient (Wildman–Crippen LogP) is 3.06. The molecule has 0 amide bonds. The van der Waals surface area contributed by atoms with E-state index in [1.807, 2.05) is 19.1 Å². The minimum Gasteiger partial charge on any atom is -0.406 e. The van der Waals surface area contributed by atoms with E-state index in [0.29, 0.717) is 17.9 Å². The predicted molar refractivity (Wildman–Crippen MR) is 119 cm³/mol. The monoisotopic (exact) mass is 486 g/mol. The van der Waals surface area contributed by atoms with Gasteiger partial charge in [-0.3, -0.25) is 0 Å². The van der Waals surface area contributed by atoms with Crippen LogP contribution in [-0.4, -0.2) is 62.4 Å². The number of halogens is 3. The van der Waals surface area contributed by atoms with Crippen molar-refractivity contribution in [2.45, 2.75) is 19.8 Å². The molecule has 4 aromatic rings. The molecule has 4 heterocycles. The largest absolute Gasteiger partial charge is 0.573 e. The van der Waals surface area contributed by atoms with E-state index in [0.717, 1.165) is 37.6 Å². The lowest BCUT2D eigenvalue weighted by molar-refractivity contribution is -0.274. The van der Waals surface area contributed by atoms with Crippen LogP contribution in [0.15, 0.2) is 47.1 Å². The van der Waals surface area contributed by atoms with Crippen LogP contribution >= 0.6 is 0 Å². The molecular formula is C22H21F3N8O2. The molecule has 0 unspecified atom stereocenters. The molecule has 35 heavy (non-hydrogen) atoms. The molecule has 1 aliphatic rings. The van der Waals surface area contributed by atoms with Crippen molar-refractivity contribution < 1.29 is 22.4 Å². The molecular weight excluding hydrogens is 465 g/mol. The van der Waals surface area contributed by atoms with E-state index >= 15 is 0 Å². The number of alkyl halides is 3. The zero-order valence-corrected chi connectivity index (χ0v) is 18.7. The van der Waals surface area contributed by atoms with Crippen LogP contribution in [0.3, 0.4) is 0 Å². The molecule has 13 heteroatoms. The highest BCUT2D eigenvalue weighted by Crippen LogP contribution is 2.26. The summed E-state index contributed by atoms with van der Waals surface area (Å²) >= 11 is 0. The Hall–Kier alpha value is -4.00. The Kier molecular flexibility index (Phi) is 6.07. The van der Waals surface area contributed by atoms with Gasteiger partial charge in [0.15, 0.2) is 0 Å². The second-order valence-corrected chi connectivity index (χ2v) is 7.89. The van der Waals surface area contributed by atoms with Gasteiger partial charge in [-0.1, -0.05) is 5.16 Å². The molecule has 0 bridgehead atoms. The number of anilines is 1. The summed E-state index contributed by atoms with van der Waals surface area (Å²) in [6.07, 6.45) is -2.97. The molecule has 0 spiro atoms. The molecule has 1 fully saturated rings. The Morgan fingerprint density at radius 3 is 2.57 bits per heavy atom. The number of pyridine rings is 1. The topological polar surface area (TPSA) is 107 Å². The summed E-state index contributed by atoms with van der Waals surface area (Å²) in [6.45, 7) is 5.97. The Balaban J connectivity index is 1.30. The number of piperazine rings is 1. The maximum absolute atomic E-state index is 12.3. The minimum absolute atomic E-state index is 0.105. The average molecular weight is 486 g/mol. The smallest absolute Gasteiger partial charge is 0.406 e. The first kappa shape index (κ1) is 22.8. The van der Waals surface area contributed by atoms with Crippen LogP contribution < -0.4 is 15.0 Å². The Labute approximate surface area is 197 Å². The van der Waals surface area contributed by atoms with Crippen molar-refractivity contribution in [3.8, 4) is 28.9 Å². The summed E-state index contributed by atoms with van der Waals surface area (Å²) in [5, 5.41) is 11.7. The van der Waals surface area contributed by atoms with Crippen molar-refractivity contribution >= 4 is 5.82 Å². The van der Waals surface area contributed by atoms with Crippen LogP contribution in [0.1, 0.15) is 11.4 Å². The molecule has 182 valence electrons. The number of aryl methyl sites for hydroxylation is 1. The third-order valence-electron chi connectivity index (χ3n) is 5.40. The second-order valence-electron chi connectivity index (χ2n) is 7.89. The molecule has 10 nitrogen and oxygen atoms in total. The molecule has 1 saturated heterocycles. The van der Waals surface area contributed by atoms with Crippen LogP contribution in [0.5, 0.6) is 5.75 Å². The SMILES string of the molecule is Cc1nc(-c2nc(-c3ccc(OC(F)(F)F)cc3)no2)nn1Cc1ccnc(N2CCNCC2)c1. The number of nitrogens with one attached hydrogen (secondary N) is 1. The standard InChI is InChI=1S/C22H21F3N8O2/c1-14-28-20(21-29-19(31-35-21)16-2-4-17(5-3-16)34-22(23,24)25)30-33(14)13-15-6-7-27-18(12-15)32-10-8-26-9-11-32/h2-7,12,26H,8-11,13H2,1H3. The van der Waals surface area contributed by atoms with Crippen LogP contribution in [0.2, 0.25) is 0 Å². The van der Waals surface area contributed by atoms with Gasteiger partial charge in [0, 0.05) is 37.9 Å². The van der Waals surface area contributed by atoms with E-state index in [1.54, 1.807) is 10.9 Å². The maximum Gasteiger partial charge on any atom is 0.573 e. The molecule has 0 radical (unpaired) electrons. The first-order chi connectivity index (χ1) is 16.8. The van der Waals surface area contributed by atoms with Gasteiger partial charge in [-0.15, -0.1) is 18.3 Å². The highest BCUT2D eigenvalue weighted by Gasteiger charge is 2.31. The van der Waals surface area contributed by atoms with Crippen molar-refractivity contribution in [3.05, 3.63) is 54.0 Å². The maximum atomic E-state index is 12.3. The van der Waals surface area contributed by atoms with Crippen molar-refractivity contribution in [2.24, 2.45) is 0 Å². The van der Waals surface area contributed by atoms with Crippen LogP contribution in [0.25, 0.3) is 23.1 Å². The van der Waals surface area contributed by atoms with E-state index in [2.05, 4.69) is 40.2 Å². The number of rotatable bonds is 6. The number of benzene rings is 1. The molecule has 5 rings (SSSR count). The summed E-state index contributed by atoms with van der Waals surface area (Å²) in [6, 6.07) is 9.16. The van der Waals surface area contributed by atoms with E-state index in [9.17, 15) is 13.2 Å². The lowest BCUT2D eigenvalue weighted by Gasteiger charge is -2.28. The number of hydrogen-bond acceptors (Lipinski definition) is 9. The Morgan fingerprint density at radius 2 is 1.83 bits per heavy atom. The van der Waals surface area contributed by atoms with E-state index in [4.69, 9.17) is 4.52 Å². The summed E-state index contributed by atoms with van der Waals surface area (Å²) in [5.41, 5.74) is 1.49. The van der Waals surface area contributed by atoms with E-state index < -0.39 is 6.36 Å². The Morgan fingerprint density at radius 1 is 1.06 bits per heavy atom. The van der Waals surface area contributed by atoms with Gasteiger partial charge in [-0.05, 0) is 48.9 Å². The number of hydrogen-bond donors (Lipinski definition) is 1. The Bertz CT molecular complexity index is 1300. The third kappa shape index (κ3) is 5.40. The van der Waals surface area contributed by atoms with Crippen molar-refractivity contribution in [3.63, 3.8) is 0 Å². The molecule has 0 aliphatic carbocycles. The van der Waals surface area contributed by atoms with Gasteiger partial charge in [0.2, 0.25) is 11.6 Å². The van der Waals surface area contributed by atoms with Crippen molar-refractivity contribution in [1.82, 2.24) is 35.2 Å². The number of ether oxygens (including phenoxy) is 1. The lowest BCUT2D eigenvalue weighted by atomic mass is 10.2. The molecule has 1 N–H and O–H groups in total. The van der Waals surface area contributed by atoms with Gasteiger partial charge in [-0.25, -0.2) is 14.6 Å². The molecule has 1 aliphatic heterocycles. The molecule has 0 atom stereocenters. The van der Waals surface area contributed by atoms with Crippen molar-refractivity contribution in [1.29, 1.82) is 0 Å². The summed E-state index contributed by atoms with van der Waals surface area (Å²) < 4.78 is 48.0. The zero-order chi connectivity index (χ0) is 24.4. The first-order valence-corrected chi connectivity index (χ1v) is 10.9.